The average Bonchev–Trinajstić information content (AvgIpc) is 2.25. The van der Waals surface area contributed by atoms with E-state index in [4.69, 9.17) is 10.8 Å². The van der Waals surface area contributed by atoms with Gasteiger partial charge < -0.3 is 16.2 Å². The van der Waals surface area contributed by atoms with Gasteiger partial charge in [-0.15, -0.1) is 0 Å². The van der Waals surface area contributed by atoms with Gasteiger partial charge in [-0.1, -0.05) is 19.8 Å². The molecule has 4 N–H and O–H groups in total. The molecule has 2 unspecified atom stereocenters. The molecule has 0 saturated heterocycles. The molecule has 0 spiro atoms. The van der Waals surface area contributed by atoms with Gasteiger partial charge in [0.1, 0.15) is 6.04 Å². The Bertz CT molecular complexity index is 268. The lowest BCUT2D eigenvalue weighted by Crippen LogP contribution is -2.48. The van der Waals surface area contributed by atoms with Crippen LogP contribution in [-0.2, 0) is 9.59 Å². The van der Waals surface area contributed by atoms with E-state index in [0.717, 1.165) is 25.7 Å². The first-order valence-electron chi connectivity index (χ1n) is 5.85. The molecule has 0 bridgehead atoms. The minimum Gasteiger partial charge on any atom is -0.480 e. The van der Waals surface area contributed by atoms with Crippen LogP contribution in [0.1, 0.15) is 39.0 Å². The Morgan fingerprint density at radius 1 is 1.44 bits per heavy atom. The molecule has 1 amide bonds. The van der Waals surface area contributed by atoms with Crippen molar-refractivity contribution in [2.45, 2.75) is 51.1 Å². The van der Waals surface area contributed by atoms with Gasteiger partial charge in [-0.3, -0.25) is 4.79 Å². The lowest BCUT2D eigenvalue weighted by molar-refractivity contribution is -0.142. The number of nitrogens with two attached hydrogens (primary N) is 1. The van der Waals surface area contributed by atoms with Crippen molar-refractivity contribution < 1.29 is 14.7 Å². The number of hydrogen-bond acceptors (Lipinski definition) is 3. The van der Waals surface area contributed by atoms with Gasteiger partial charge in [0, 0.05) is 6.04 Å². The topological polar surface area (TPSA) is 92.4 Å². The van der Waals surface area contributed by atoms with Gasteiger partial charge in [-0.25, -0.2) is 4.79 Å². The van der Waals surface area contributed by atoms with Crippen molar-refractivity contribution in [2.75, 3.05) is 0 Å². The Balaban J connectivity index is 2.52. The van der Waals surface area contributed by atoms with E-state index >= 15 is 0 Å². The first-order chi connectivity index (χ1) is 7.56. The first-order valence-corrected chi connectivity index (χ1v) is 5.85. The molecule has 0 heterocycles. The van der Waals surface area contributed by atoms with Crippen molar-refractivity contribution in [1.29, 1.82) is 0 Å². The van der Waals surface area contributed by atoms with Gasteiger partial charge in [0.05, 0.1) is 5.92 Å². The third-order valence-corrected chi connectivity index (χ3v) is 3.18. The van der Waals surface area contributed by atoms with Gasteiger partial charge in [0.2, 0.25) is 5.91 Å². The summed E-state index contributed by atoms with van der Waals surface area (Å²) >= 11 is 0. The predicted octanol–water partition coefficient (Wildman–Crippen LogP) is 0.483. The number of carbonyl (C=O) groups is 2. The fourth-order valence-corrected chi connectivity index (χ4v) is 2.10. The molecule has 1 rings (SSSR count). The average molecular weight is 228 g/mol. The van der Waals surface area contributed by atoms with E-state index in [1.54, 1.807) is 6.92 Å². The first kappa shape index (κ1) is 13.0. The lowest BCUT2D eigenvalue weighted by atomic mass is 9.84. The van der Waals surface area contributed by atoms with Gasteiger partial charge in [0.25, 0.3) is 0 Å². The minimum absolute atomic E-state index is 0.125. The zero-order chi connectivity index (χ0) is 12.1. The summed E-state index contributed by atoms with van der Waals surface area (Å²) in [5, 5.41) is 11.4. The van der Waals surface area contributed by atoms with Crippen LogP contribution in [0.25, 0.3) is 0 Å². The largest absolute Gasteiger partial charge is 0.480 e. The summed E-state index contributed by atoms with van der Waals surface area (Å²) < 4.78 is 0. The lowest BCUT2D eigenvalue weighted by Gasteiger charge is -2.28. The predicted molar refractivity (Wildman–Crippen MR) is 59.8 cm³/mol. The fourth-order valence-electron chi connectivity index (χ4n) is 2.10. The molecule has 92 valence electrons. The van der Waals surface area contributed by atoms with Crippen molar-refractivity contribution >= 4 is 11.9 Å². The number of carboxylic acid groups (broad SMARTS) is 1. The van der Waals surface area contributed by atoms with Crippen molar-refractivity contribution in [1.82, 2.24) is 5.32 Å². The molecule has 1 aliphatic carbocycles. The molecule has 0 aromatic rings. The maximum absolute atomic E-state index is 11.8. The molecule has 0 aromatic heterocycles. The molecule has 0 aromatic carbocycles. The molecular weight excluding hydrogens is 208 g/mol. The van der Waals surface area contributed by atoms with E-state index in [0.29, 0.717) is 6.42 Å². The van der Waals surface area contributed by atoms with E-state index in [1.807, 2.05) is 0 Å². The number of carboxylic acids is 1. The molecule has 1 saturated carbocycles. The summed E-state index contributed by atoms with van der Waals surface area (Å²) in [6, 6.07) is -0.915. The minimum atomic E-state index is -0.986. The molecule has 3 atom stereocenters. The monoisotopic (exact) mass is 228 g/mol. The van der Waals surface area contributed by atoms with Crippen LogP contribution in [0.2, 0.25) is 0 Å². The summed E-state index contributed by atoms with van der Waals surface area (Å²) in [6.07, 6.45) is 4.06. The van der Waals surface area contributed by atoms with Crippen molar-refractivity contribution in [3.8, 4) is 0 Å². The highest BCUT2D eigenvalue weighted by Crippen LogP contribution is 2.23. The standard InChI is InChI=1S/C11H20N2O3/c1-2-9(11(15)16)13-10(14)7-5-3-4-6-8(7)12/h7-9H,2-6,12H2,1H3,(H,13,14)(H,15,16)/t7?,8?,9-/m0/s1. The highest BCUT2D eigenvalue weighted by Gasteiger charge is 2.30. The van der Waals surface area contributed by atoms with Gasteiger partial charge in [-0.05, 0) is 19.3 Å². The maximum atomic E-state index is 11.8. The van der Waals surface area contributed by atoms with Gasteiger partial charge in [-0.2, -0.15) is 0 Å². The van der Waals surface area contributed by atoms with Crippen LogP contribution in [0.5, 0.6) is 0 Å². The van der Waals surface area contributed by atoms with Crippen LogP contribution in [0, 0.1) is 5.92 Å². The summed E-state index contributed by atoms with van der Waals surface area (Å²) in [6.45, 7) is 1.74. The zero-order valence-electron chi connectivity index (χ0n) is 9.61. The third-order valence-electron chi connectivity index (χ3n) is 3.18. The van der Waals surface area contributed by atoms with E-state index in [-0.39, 0.29) is 17.9 Å². The molecule has 1 fully saturated rings. The van der Waals surface area contributed by atoms with Crippen LogP contribution in [0.4, 0.5) is 0 Å². The quantitative estimate of drug-likeness (QED) is 0.652. The van der Waals surface area contributed by atoms with E-state index in [2.05, 4.69) is 5.32 Å². The van der Waals surface area contributed by atoms with E-state index < -0.39 is 12.0 Å². The van der Waals surface area contributed by atoms with Gasteiger partial charge in [0.15, 0.2) is 0 Å². The van der Waals surface area contributed by atoms with E-state index in [1.165, 1.54) is 0 Å². The number of aliphatic carboxylic acids is 1. The summed E-state index contributed by atoms with van der Waals surface area (Å²) in [4.78, 5) is 22.6. The third kappa shape index (κ3) is 3.20. The number of hydrogen-bond donors (Lipinski definition) is 3. The van der Waals surface area contributed by atoms with Crippen LogP contribution in [0.3, 0.4) is 0 Å². The van der Waals surface area contributed by atoms with Crippen LogP contribution in [0.15, 0.2) is 0 Å². The Morgan fingerprint density at radius 3 is 2.56 bits per heavy atom. The Labute approximate surface area is 95.4 Å². The molecule has 0 radical (unpaired) electrons. The Morgan fingerprint density at radius 2 is 2.06 bits per heavy atom. The van der Waals surface area contributed by atoms with Crippen LogP contribution in [-0.4, -0.2) is 29.1 Å². The van der Waals surface area contributed by atoms with Crippen LogP contribution < -0.4 is 11.1 Å². The molecule has 5 nitrogen and oxygen atoms in total. The molecule has 16 heavy (non-hydrogen) atoms. The maximum Gasteiger partial charge on any atom is 0.326 e. The Kier molecular flexibility index (Phi) is 4.73. The normalized spacial score (nSPS) is 27.1. The summed E-state index contributed by atoms with van der Waals surface area (Å²) in [7, 11) is 0. The highest BCUT2D eigenvalue weighted by molar-refractivity contribution is 5.85. The van der Waals surface area contributed by atoms with E-state index in [9.17, 15) is 9.59 Å². The number of carbonyl (C=O) groups excluding carboxylic acids is 1. The molecule has 0 aliphatic heterocycles. The van der Waals surface area contributed by atoms with Crippen molar-refractivity contribution in [3.05, 3.63) is 0 Å². The highest BCUT2D eigenvalue weighted by atomic mass is 16.4. The SMILES string of the molecule is CC[C@H](NC(=O)C1CCCCC1N)C(=O)O. The summed E-state index contributed by atoms with van der Waals surface area (Å²) in [5.41, 5.74) is 5.86. The van der Waals surface area contributed by atoms with Crippen molar-refractivity contribution in [2.24, 2.45) is 11.7 Å². The summed E-state index contributed by atoms with van der Waals surface area (Å²) in [5.74, 6) is -1.41. The fraction of sp³-hybridized carbons (Fsp3) is 0.818. The zero-order valence-corrected chi connectivity index (χ0v) is 9.61. The Hall–Kier alpha value is -1.10. The van der Waals surface area contributed by atoms with Crippen LogP contribution >= 0.6 is 0 Å². The smallest absolute Gasteiger partial charge is 0.326 e. The number of amides is 1. The second kappa shape index (κ2) is 5.84. The molecule has 5 heteroatoms. The van der Waals surface area contributed by atoms with Crippen molar-refractivity contribution in [3.63, 3.8) is 0 Å². The molecule has 1 aliphatic rings. The second-order valence-electron chi connectivity index (χ2n) is 4.36. The van der Waals surface area contributed by atoms with Gasteiger partial charge >= 0.3 is 5.97 Å². The molecular formula is C11H20N2O3. The number of rotatable bonds is 4. The second-order valence-corrected chi connectivity index (χ2v) is 4.36. The number of nitrogens with one attached hydrogen (secondary N) is 1.